The van der Waals surface area contributed by atoms with Gasteiger partial charge in [-0.2, -0.15) is 13.2 Å². The Morgan fingerprint density at radius 3 is 2.09 bits per heavy atom. The van der Waals surface area contributed by atoms with Crippen molar-refractivity contribution in [1.29, 1.82) is 0 Å². The van der Waals surface area contributed by atoms with Crippen LogP contribution in [0.15, 0.2) is 30.9 Å². The van der Waals surface area contributed by atoms with Crippen molar-refractivity contribution in [3.05, 3.63) is 36.5 Å². The van der Waals surface area contributed by atoms with E-state index in [1.54, 1.807) is 30.9 Å². The fourth-order valence-corrected chi connectivity index (χ4v) is 1.28. The van der Waals surface area contributed by atoms with E-state index in [-0.39, 0.29) is 6.04 Å². The van der Waals surface area contributed by atoms with E-state index in [1.165, 1.54) is 0 Å². The number of aliphatic carboxylic acids is 1. The lowest BCUT2D eigenvalue weighted by Gasteiger charge is -2.08. The maximum atomic E-state index is 10.6. The van der Waals surface area contributed by atoms with Crippen molar-refractivity contribution >= 4 is 5.97 Å². The minimum absolute atomic E-state index is 0.183. The van der Waals surface area contributed by atoms with Crippen LogP contribution in [0.3, 0.4) is 0 Å². The van der Waals surface area contributed by atoms with Crippen molar-refractivity contribution in [3.8, 4) is 11.5 Å². The van der Waals surface area contributed by atoms with E-state index in [1.807, 2.05) is 6.92 Å². The van der Waals surface area contributed by atoms with Crippen molar-refractivity contribution in [3.63, 3.8) is 0 Å². The monoisotopic (exact) mass is 315 g/mol. The van der Waals surface area contributed by atoms with E-state index in [9.17, 15) is 13.2 Å². The largest absolute Gasteiger partial charge is 0.490 e. The molecule has 0 aliphatic heterocycles. The van der Waals surface area contributed by atoms with Crippen molar-refractivity contribution in [1.82, 2.24) is 19.9 Å². The van der Waals surface area contributed by atoms with E-state index in [2.05, 4.69) is 19.9 Å². The Kier molecular flexibility index (Phi) is 5.87. The Labute approximate surface area is 123 Å². The number of alkyl halides is 3. The number of carbonyl (C=O) groups is 1. The summed E-state index contributed by atoms with van der Waals surface area (Å²) in [7, 11) is 0. The first-order valence-electron chi connectivity index (χ1n) is 5.87. The van der Waals surface area contributed by atoms with Crippen LogP contribution in [0.5, 0.6) is 0 Å². The van der Waals surface area contributed by atoms with Gasteiger partial charge in [0.05, 0.1) is 5.69 Å². The number of nitrogens with two attached hydrogens (primary N) is 1. The second-order valence-corrected chi connectivity index (χ2v) is 3.95. The lowest BCUT2D eigenvalue weighted by atomic mass is 10.2. The third-order valence-electron chi connectivity index (χ3n) is 2.18. The Hall–Kier alpha value is -2.62. The number of hydrogen-bond acceptors (Lipinski definition) is 6. The number of carboxylic acids is 1. The molecule has 1 unspecified atom stereocenters. The highest BCUT2D eigenvalue weighted by Gasteiger charge is 2.38. The van der Waals surface area contributed by atoms with Gasteiger partial charge in [0.25, 0.3) is 0 Å². The molecule has 118 valence electrons. The standard InChI is InChI=1S/C10H11N5.C2HF3O2/c1-7(11)8-9(13-6-5-12-8)10-14-3-2-4-15-10;3-2(4,5)1(6)7/h2-7H,11H2,1H3;(H,6,7). The van der Waals surface area contributed by atoms with Gasteiger partial charge in [0.2, 0.25) is 0 Å². The second-order valence-electron chi connectivity index (χ2n) is 3.95. The average molecular weight is 315 g/mol. The van der Waals surface area contributed by atoms with Crippen molar-refractivity contribution in [2.24, 2.45) is 5.73 Å². The first-order valence-corrected chi connectivity index (χ1v) is 5.87. The van der Waals surface area contributed by atoms with Gasteiger partial charge in [-0.3, -0.25) is 4.98 Å². The summed E-state index contributed by atoms with van der Waals surface area (Å²) in [5.74, 6) is -2.20. The molecule has 0 aliphatic rings. The minimum Gasteiger partial charge on any atom is -0.475 e. The molecule has 0 radical (unpaired) electrons. The first kappa shape index (κ1) is 17.4. The summed E-state index contributed by atoms with van der Waals surface area (Å²) in [6, 6.07) is 1.57. The molecule has 0 spiro atoms. The van der Waals surface area contributed by atoms with Gasteiger partial charge < -0.3 is 10.8 Å². The number of carboxylic acid groups (broad SMARTS) is 1. The van der Waals surface area contributed by atoms with Gasteiger partial charge in [-0.1, -0.05) is 0 Å². The summed E-state index contributed by atoms with van der Waals surface area (Å²) in [6.07, 6.45) is 1.48. The highest BCUT2D eigenvalue weighted by molar-refractivity contribution is 5.73. The maximum absolute atomic E-state index is 10.6. The van der Waals surface area contributed by atoms with E-state index < -0.39 is 12.1 Å². The molecule has 22 heavy (non-hydrogen) atoms. The fourth-order valence-electron chi connectivity index (χ4n) is 1.28. The molecule has 0 saturated carbocycles. The highest BCUT2D eigenvalue weighted by Crippen LogP contribution is 2.18. The molecule has 2 rings (SSSR count). The molecule has 2 heterocycles. The van der Waals surface area contributed by atoms with Gasteiger partial charge in [-0.25, -0.2) is 19.7 Å². The smallest absolute Gasteiger partial charge is 0.475 e. The summed E-state index contributed by atoms with van der Waals surface area (Å²) in [6.45, 7) is 1.86. The van der Waals surface area contributed by atoms with Crippen LogP contribution in [0.1, 0.15) is 18.7 Å². The molecule has 2 aromatic rings. The predicted molar refractivity (Wildman–Crippen MR) is 69.4 cm³/mol. The zero-order chi connectivity index (χ0) is 16.8. The topological polar surface area (TPSA) is 115 Å². The summed E-state index contributed by atoms with van der Waals surface area (Å²) in [5.41, 5.74) is 7.15. The third-order valence-corrected chi connectivity index (χ3v) is 2.18. The molecule has 0 aliphatic carbocycles. The minimum atomic E-state index is -5.08. The summed E-state index contributed by atoms with van der Waals surface area (Å²) < 4.78 is 31.7. The van der Waals surface area contributed by atoms with Crippen molar-refractivity contribution < 1.29 is 23.1 Å². The first-order chi connectivity index (χ1) is 10.2. The van der Waals surface area contributed by atoms with E-state index in [0.717, 1.165) is 0 Å². The zero-order valence-electron chi connectivity index (χ0n) is 11.3. The fraction of sp³-hybridized carbons (Fsp3) is 0.250. The van der Waals surface area contributed by atoms with Crippen molar-refractivity contribution in [2.45, 2.75) is 19.1 Å². The Balaban J connectivity index is 0.000000295. The molecule has 7 nitrogen and oxygen atoms in total. The van der Waals surface area contributed by atoms with E-state index in [0.29, 0.717) is 17.2 Å². The molecular formula is C12H12F3N5O2. The molecule has 0 aromatic carbocycles. The SMILES string of the molecule is CC(N)c1nccnc1-c1ncccn1.O=C(O)C(F)(F)F. The Morgan fingerprint density at radius 2 is 1.64 bits per heavy atom. The Bertz CT molecular complexity index is 620. The maximum Gasteiger partial charge on any atom is 0.490 e. The highest BCUT2D eigenvalue weighted by atomic mass is 19.4. The third kappa shape index (κ3) is 5.05. The van der Waals surface area contributed by atoms with Crippen LogP contribution in [0.2, 0.25) is 0 Å². The van der Waals surface area contributed by atoms with Crippen LogP contribution in [-0.4, -0.2) is 37.2 Å². The number of rotatable bonds is 2. The van der Waals surface area contributed by atoms with Crippen LogP contribution in [0, 0.1) is 0 Å². The van der Waals surface area contributed by atoms with Crippen LogP contribution in [0.4, 0.5) is 13.2 Å². The van der Waals surface area contributed by atoms with Gasteiger partial charge in [0, 0.05) is 30.8 Å². The molecule has 3 N–H and O–H groups in total. The molecule has 2 aromatic heterocycles. The average Bonchev–Trinajstić information content (AvgIpc) is 2.48. The molecule has 0 saturated heterocycles. The van der Waals surface area contributed by atoms with Gasteiger partial charge >= 0.3 is 12.1 Å². The predicted octanol–water partition coefficient (Wildman–Crippen LogP) is 1.59. The Morgan fingerprint density at radius 1 is 1.14 bits per heavy atom. The van der Waals surface area contributed by atoms with E-state index >= 15 is 0 Å². The number of nitrogens with zero attached hydrogens (tertiary/aromatic N) is 4. The van der Waals surface area contributed by atoms with Crippen LogP contribution >= 0.6 is 0 Å². The number of aromatic nitrogens is 4. The second kappa shape index (κ2) is 7.41. The van der Waals surface area contributed by atoms with Crippen molar-refractivity contribution in [2.75, 3.05) is 0 Å². The number of hydrogen-bond donors (Lipinski definition) is 2. The summed E-state index contributed by atoms with van der Waals surface area (Å²) >= 11 is 0. The van der Waals surface area contributed by atoms with Gasteiger partial charge in [0.15, 0.2) is 5.82 Å². The zero-order valence-corrected chi connectivity index (χ0v) is 11.3. The number of halogens is 3. The van der Waals surface area contributed by atoms with Gasteiger partial charge in [-0.05, 0) is 13.0 Å². The van der Waals surface area contributed by atoms with Crippen LogP contribution < -0.4 is 5.73 Å². The molecule has 0 fully saturated rings. The molecule has 0 bridgehead atoms. The normalized spacial score (nSPS) is 12.0. The molecule has 10 heteroatoms. The van der Waals surface area contributed by atoms with Crippen LogP contribution in [-0.2, 0) is 4.79 Å². The summed E-state index contributed by atoms with van der Waals surface area (Å²) in [5, 5.41) is 7.12. The molecule has 1 atom stereocenters. The van der Waals surface area contributed by atoms with Gasteiger partial charge in [0.1, 0.15) is 5.69 Å². The molecular weight excluding hydrogens is 303 g/mol. The summed E-state index contributed by atoms with van der Waals surface area (Å²) in [4.78, 5) is 25.5. The van der Waals surface area contributed by atoms with Crippen LogP contribution in [0.25, 0.3) is 11.5 Å². The van der Waals surface area contributed by atoms with E-state index in [4.69, 9.17) is 15.6 Å². The lowest BCUT2D eigenvalue weighted by Crippen LogP contribution is -2.21. The quantitative estimate of drug-likeness (QED) is 0.864. The lowest BCUT2D eigenvalue weighted by molar-refractivity contribution is -0.192. The van der Waals surface area contributed by atoms with Gasteiger partial charge in [-0.15, -0.1) is 0 Å². The molecule has 0 amide bonds.